The zero-order valence-corrected chi connectivity index (χ0v) is 12.3. The van der Waals surface area contributed by atoms with Crippen LogP contribution in [0.3, 0.4) is 0 Å². The third-order valence-electron chi connectivity index (χ3n) is 3.77. The first kappa shape index (κ1) is 13.3. The Morgan fingerprint density at radius 3 is 2.95 bits per heavy atom. The molecular formula is C16H18N2OS. The van der Waals surface area contributed by atoms with E-state index < -0.39 is 0 Å². The van der Waals surface area contributed by atoms with E-state index in [-0.39, 0.29) is 11.6 Å². The summed E-state index contributed by atoms with van der Waals surface area (Å²) >= 11 is 1.75. The zero-order chi connectivity index (χ0) is 13.9. The number of fused-ring (bicyclic) bond motifs is 1. The summed E-state index contributed by atoms with van der Waals surface area (Å²) < 4.78 is 0. The first-order valence-corrected chi connectivity index (χ1v) is 8.12. The summed E-state index contributed by atoms with van der Waals surface area (Å²) in [6, 6.07) is 12.2. The van der Waals surface area contributed by atoms with E-state index in [2.05, 4.69) is 40.8 Å². The lowest BCUT2D eigenvalue weighted by Gasteiger charge is -2.27. The van der Waals surface area contributed by atoms with Gasteiger partial charge in [0.15, 0.2) is 0 Å². The molecule has 0 saturated heterocycles. The number of rotatable bonds is 3. The molecule has 0 fully saturated rings. The number of benzene rings is 1. The predicted octanol–water partition coefficient (Wildman–Crippen LogP) is 3.59. The molecule has 3 nitrogen and oxygen atoms in total. The highest BCUT2D eigenvalue weighted by atomic mass is 32.2. The largest absolute Gasteiger partial charge is 0.377 e. The number of aromatic nitrogens is 1. The summed E-state index contributed by atoms with van der Waals surface area (Å²) in [4.78, 5) is 15.7. The van der Waals surface area contributed by atoms with Gasteiger partial charge in [0.05, 0.1) is 6.04 Å². The molecule has 1 unspecified atom stereocenters. The molecule has 0 spiro atoms. The van der Waals surface area contributed by atoms with Crippen LogP contribution in [0.4, 0.5) is 5.69 Å². The molecule has 3 rings (SSSR count). The lowest BCUT2D eigenvalue weighted by atomic mass is 9.91. The van der Waals surface area contributed by atoms with Gasteiger partial charge < -0.3 is 10.3 Å². The first-order valence-electron chi connectivity index (χ1n) is 6.89. The fourth-order valence-electron chi connectivity index (χ4n) is 2.80. The Hall–Kier alpha value is -1.68. The number of hydrogen-bond donors (Lipinski definition) is 2. The van der Waals surface area contributed by atoms with Crippen molar-refractivity contribution < 1.29 is 0 Å². The van der Waals surface area contributed by atoms with Crippen molar-refractivity contribution in [2.75, 3.05) is 11.6 Å². The Bertz CT molecular complexity index is 666. The maximum Gasteiger partial charge on any atom is 0.248 e. The molecule has 0 saturated carbocycles. The first-order chi connectivity index (χ1) is 9.78. The average molecular weight is 286 g/mol. The number of H-pyrrole nitrogens is 1. The van der Waals surface area contributed by atoms with Crippen LogP contribution in [0.5, 0.6) is 0 Å². The third kappa shape index (κ3) is 2.61. The summed E-state index contributed by atoms with van der Waals surface area (Å²) in [5.74, 6) is 0. The van der Waals surface area contributed by atoms with Gasteiger partial charge in [0.25, 0.3) is 0 Å². The van der Waals surface area contributed by atoms with E-state index in [1.807, 2.05) is 6.07 Å². The minimum Gasteiger partial charge on any atom is -0.377 e. The molecule has 0 aliphatic heterocycles. The lowest BCUT2D eigenvalue weighted by molar-refractivity contribution is 0.586. The van der Waals surface area contributed by atoms with Gasteiger partial charge in [-0.3, -0.25) is 4.79 Å². The molecular weight excluding hydrogens is 268 g/mol. The normalized spacial score (nSPS) is 17.6. The summed E-state index contributed by atoms with van der Waals surface area (Å²) in [6.45, 7) is 0. The molecule has 1 aliphatic rings. The Morgan fingerprint density at radius 2 is 2.10 bits per heavy atom. The molecule has 1 heterocycles. The van der Waals surface area contributed by atoms with Crippen molar-refractivity contribution in [2.45, 2.75) is 30.2 Å². The average Bonchev–Trinajstić information content (AvgIpc) is 2.47. The molecule has 20 heavy (non-hydrogen) atoms. The van der Waals surface area contributed by atoms with Gasteiger partial charge >= 0.3 is 0 Å². The van der Waals surface area contributed by atoms with E-state index >= 15 is 0 Å². The van der Waals surface area contributed by atoms with Gasteiger partial charge in [0.1, 0.15) is 0 Å². The van der Waals surface area contributed by atoms with Crippen LogP contribution < -0.4 is 10.9 Å². The Kier molecular flexibility index (Phi) is 3.83. The molecule has 1 aromatic heterocycles. The SMILES string of the molecule is CSc1ccccc1NC1CCCc2[nH]c(=O)ccc21. The second-order valence-electron chi connectivity index (χ2n) is 5.05. The highest BCUT2D eigenvalue weighted by Gasteiger charge is 2.21. The summed E-state index contributed by atoms with van der Waals surface area (Å²) in [7, 11) is 0. The van der Waals surface area contributed by atoms with Gasteiger partial charge in [-0.1, -0.05) is 12.1 Å². The van der Waals surface area contributed by atoms with Crippen LogP contribution in [0, 0.1) is 0 Å². The van der Waals surface area contributed by atoms with Crippen molar-refractivity contribution >= 4 is 17.4 Å². The monoisotopic (exact) mass is 286 g/mol. The van der Waals surface area contributed by atoms with Crippen LogP contribution in [0.2, 0.25) is 0 Å². The molecule has 104 valence electrons. The summed E-state index contributed by atoms with van der Waals surface area (Å²) in [5.41, 5.74) is 3.48. The van der Waals surface area contributed by atoms with Crippen molar-refractivity contribution in [3.05, 3.63) is 58.0 Å². The minimum atomic E-state index is -0.00564. The number of thioether (sulfide) groups is 1. The highest BCUT2D eigenvalue weighted by Crippen LogP contribution is 2.33. The maximum atomic E-state index is 11.4. The van der Waals surface area contributed by atoms with Gasteiger partial charge in [-0.2, -0.15) is 0 Å². The molecule has 0 radical (unpaired) electrons. The highest BCUT2D eigenvalue weighted by molar-refractivity contribution is 7.98. The molecule has 1 aromatic carbocycles. The topological polar surface area (TPSA) is 44.9 Å². The van der Waals surface area contributed by atoms with E-state index in [0.29, 0.717) is 0 Å². The van der Waals surface area contributed by atoms with Gasteiger partial charge in [-0.25, -0.2) is 0 Å². The third-order valence-corrected chi connectivity index (χ3v) is 4.56. The van der Waals surface area contributed by atoms with Gasteiger partial charge in [-0.15, -0.1) is 11.8 Å². The lowest BCUT2D eigenvalue weighted by Crippen LogP contribution is -2.21. The summed E-state index contributed by atoms with van der Waals surface area (Å²) in [6.07, 6.45) is 5.26. The quantitative estimate of drug-likeness (QED) is 0.848. The molecule has 1 atom stereocenters. The van der Waals surface area contributed by atoms with Crippen molar-refractivity contribution in [3.8, 4) is 0 Å². The van der Waals surface area contributed by atoms with E-state index in [1.54, 1.807) is 17.8 Å². The Morgan fingerprint density at radius 1 is 1.25 bits per heavy atom. The van der Waals surface area contributed by atoms with Crippen molar-refractivity contribution in [1.82, 2.24) is 4.98 Å². The van der Waals surface area contributed by atoms with Crippen molar-refractivity contribution in [3.63, 3.8) is 0 Å². The van der Waals surface area contributed by atoms with Crippen LogP contribution in [-0.2, 0) is 6.42 Å². The number of nitrogens with one attached hydrogen (secondary N) is 2. The van der Waals surface area contributed by atoms with E-state index in [9.17, 15) is 4.79 Å². The molecule has 0 amide bonds. The predicted molar refractivity (Wildman–Crippen MR) is 84.6 cm³/mol. The van der Waals surface area contributed by atoms with E-state index in [1.165, 1.54) is 16.1 Å². The number of aromatic amines is 1. The fraction of sp³-hybridized carbons (Fsp3) is 0.312. The Balaban J connectivity index is 1.91. The van der Waals surface area contributed by atoms with Crippen LogP contribution in [0.15, 0.2) is 46.1 Å². The summed E-state index contributed by atoms with van der Waals surface area (Å²) in [5, 5.41) is 3.63. The van der Waals surface area contributed by atoms with Crippen LogP contribution in [-0.4, -0.2) is 11.2 Å². The van der Waals surface area contributed by atoms with Crippen LogP contribution in [0.25, 0.3) is 0 Å². The zero-order valence-electron chi connectivity index (χ0n) is 11.5. The van der Waals surface area contributed by atoms with Gasteiger partial charge in [0, 0.05) is 22.3 Å². The smallest absolute Gasteiger partial charge is 0.248 e. The number of pyridine rings is 1. The fourth-order valence-corrected chi connectivity index (χ4v) is 3.36. The van der Waals surface area contributed by atoms with E-state index in [4.69, 9.17) is 0 Å². The number of anilines is 1. The molecule has 2 aromatic rings. The van der Waals surface area contributed by atoms with Crippen LogP contribution >= 0.6 is 11.8 Å². The number of hydrogen-bond acceptors (Lipinski definition) is 3. The second-order valence-corrected chi connectivity index (χ2v) is 5.89. The number of para-hydroxylation sites is 1. The Labute approximate surface area is 122 Å². The molecule has 4 heteroatoms. The molecule has 0 bridgehead atoms. The van der Waals surface area contributed by atoms with Crippen molar-refractivity contribution in [1.29, 1.82) is 0 Å². The minimum absolute atomic E-state index is 0.00564. The molecule has 2 N–H and O–H groups in total. The van der Waals surface area contributed by atoms with E-state index in [0.717, 1.165) is 25.0 Å². The van der Waals surface area contributed by atoms with Crippen LogP contribution in [0.1, 0.15) is 30.1 Å². The standard InChI is InChI=1S/C16H18N2OS/c1-20-15-8-3-2-5-14(15)17-12-6-4-7-13-11(12)9-10-16(19)18-13/h2-3,5,8-10,12,17H,4,6-7H2,1H3,(H,18,19). The molecule has 1 aliphatic carbocycles. The number of aryl methyl sites for hydroxylation is 1. The maximum absolute atomic E-state index is 11.4. The van der Waals surface area contributed by atoms with Gasteiger partial charge in [0.2, 0.25) is 5.56 Å². The van der Waals surface area contributed by atoms with Crippen molar-refractivity contribution in [2.24, 2.45) is 0 Å². The van der Waals surface area contributed by atoms with Gasteiger partial charge in [-0.05, 0) is 49.3 Å². The second kappa shape index (κ2) is 5.75.